The molecule has 39 heavy (non-hydrogen) atoms. The van der Waals surface area contributed by atoms with Crippen molar-refractivity contribution in [2.75, 3.05) is 38.6 Å². The first-order chi connectivity index (χ1) is 19.1. The number of rotatable bonds is 8. The quantitative estimate of drug-likeness (QED) is 0.356. The smallest absolute Gasteiger partial charge is 0.322 e. The molecule has 1 N–H and O–H groups in total. The first-order valence-corrected chi connectivity index (χ1v) is 14.3. The van der Waals surface area contributed by atoms with Crippen LogP contribution in [0.3, 0.4) is 0 Å². The zero-order valence-electron chi connectivity index (χ0n) is 22.9. The van der Waals surface area contributed by atoms with Gasteiger partial charge >= 0.3 is 6.03 Å². The fourth-order valence-corrected chi connectivity index (χ4v) is 6.29. The molecule has 2 saturated heterocycles. The average Bonchev–Trinajstić information content (AvgIpc) is 2.97. The van der Waals surface area contributed by atoms with Crippen LogP contribution in [-0.2, 0) is 12.8 Å². The lowest BCUT2D eigenvalue weighted by molar-refractivity contribution is 0.0791. The lowest BCUT2D eigenvalue weighted by Crippen LogP contribution is -2.54. The summed E-state index contributed by atoms with van der Waals surface area (Å²) in [6.45, 7) is 3.94. The van der Waals surface area contributed by atoms with Crippen molar-refractivity contribution in [3.8, 4) is 5.75 Å². The minimum absolute atomic E-state index is 0.0353. The number of nitrogens with one attached hydrogen (secondary N) is 1. The monoisotopic (exact) mass is 529 g/mol. The number of halogens is 1. The first-order valence-electron chi connectivity index (χ1n) is 14.3. The molecule has 3 aromatic rings. The number of nitrogens with zero attached hydrogens (tertiary/aromatic N) is 2. The van der Waals surface area contributed by atoms with Gasteiger partial charge in [0, 0.05) is 30.9 Å². The molecule has 0 unspecified atom stereocenters. The van der Waals surface area contributed by atoms with Gasteiger partial charge in [0.1, 0.15) is 11.6 Å². The number of hydrogen-bond donors (Lipinski definition) is 1. The number of carbonyl (C=O) groups is 1. The van der Waals surface area contributed by atoms with E-state index >= 15 is 0 Å². The zero-order chi connectivity index (χ0) is 27.0. The van der Waals surface area contributed by atoms with E-state index in [1.165, 1.54) is 11.1 Å². The van der Waals surface area contributed by atoms with Crippen LogP contribution in [0.15, 0.2) is 78.9 Å². The number of benzene rings is 3. The summed E-state index contributed by atoms with van der Waals surface area (Å²) < 4.78 is 18.6. The maximum atomic E-state index is 13.6. The molecule has 0 aromatic heterocycles. The Morgan fingerprint density at radius 3 is 2.38 bits per heavy atom. The van der Waals surface area contributed by atoms with E-state index in [-0.39, 0.29) is 17.9 Å². The number of amides is 2. The number of urea groups is 1. The topological polar surface area (TPSA) is 44.8 Å². The fourth-order valence-electron chi connectivity index (χ4n) is 6.29. The molecule has 0 spiro atoms. The van der Waals surface area contributed by atoms with Crippen LogP contribution in [-0.4, -0.2) is 55.2 Å². The van der Waals surface area contributed by atoms with Crippen LogP contribution in [0.25, 0.3) is 0 Å². The predicted octanol–water partition coefficient (Wildman–Crippen LogP) is 6.64. The van der Waals surface area contributed by atoms with Gasteiger partial charge in [-0.15, -0.1) is 0 Å². The van der Waals surface area contributed by atoms with Crippen LogP contribution in [0.4, 0.5) is 14.9 Å². The Kier molecular flexibility index (Phi) is 9.15. The van der Waals surface area contributed by atoms with Crippen LogP contribution < -0.4 is 10.1 Å². The van der Waals surface area contributed by atoms with Gasteiger partial charge in [0.05, 0.1) is 7.11 Å². The SMILES string of the molecule is COc1cccc(NC(=O)N2CCC[C@H](CN3CCC(Cc4ccc(F)cc4)CC3)[C@H]2Cc2ccccc2)c1. The molecule has 206 valence electrons. The van der Waals surface area contributed by atoms with Gasteiger partial charge in [-0.1, -0.05) is 48.5 Å². The van der Waals surface area contributed by atoms with Gasteiger partial charge < -0.3 is 19.9 Å². The van der Waals surface area contributed by atoms with Gasteiger partial charge in [-0.05, 0) is 98.8 Å². The molecule has 0 bridgehead atoms. The molecule has 2 fully saturated rings. The Bertz CT molecular complexity index is 1200. The second kappa shape index (κ2) is 13.1. The minimum atomic E-state index is -0.169. The predicted molar refractivity (Wildman–Crippen MR) is 155 cm³/mol. The van der Waals surface area contributed by atoms with Gasteiger partial charge in [-0.3, -0.25) is 0 Å². The van der Waals surface area contributed by atoms with Gasteiger partial charge in [0.25, 0.3) is 0 Å². The Morgan fingerprint density at radius 1 is 0.897 bits per heavy atom. The van der Waals surface area contributed by atoms with Crippen LogP contribution in [0.5, 0.6) is 5.75 Å². The van der Waals surface area contributed by atoms with Crippen molar-refractivity contribution in [3.05, 3.63) is 95.8 Å². The molecule has 0 radical (unpaired) electrons. The number of piperidine rings is 2. The van der Waals surface area contributed by atoms with E-state index < -0.39 is 0 Å². The summed E-state index contributed by atoms with van der Waals surface area (Å²) in [6.07, 6.45) is 6.35. The van der Waals surface area contributed by atoms with Crippen molar-refractivity contribution < 1.29 is 13.9 Å². The molecular weight excluding hydrogens is 489 g/mol. The third-order valence-corrected chi connectivity index (χ3v) is 8.43. The van der Waals surface area contributed by atoms with Gasteiger partial charge in [0.2, 0.25) is 0 Å². The van der Waals surface area contributed by atoms with Crippen LogP contribution in [0.1, 0.15) is 36.8 Å². The lowest BCUT2D eigenvalue weighted by Gasteiger charge is -2.44. The average molecular weight is 530 g/mol. The number of ether oxygens (including phenoxy) is 1. The van der Waals surface area contributed by atoms with Crippen molar-refractivity contribution in [3.63, 3.8) is 0 Å². The van der Waals surface area contributed by atoms with E-state index in [4.69, 9.17) is 4.74 Å². The number of hydrogen-bond acceptors (Lipinski definition) is 3. The number of anilines is 1. The van der Waals surface area contributed by atoms with Crippen molar-refractivity contribution >= 4 is 11.7 Å². The number of carbonyl (C=O) groups excluding carboxylic acids is 1. The van der Waals surface area contributed by atoms with Crippen molar-refractivity contribution in [1.82, 2.24) is 9.80 Å². The Labute approximate surface area is 232 Å². The highest BCUT2D eigenvalue weighted by Gasteiger charge is 2.36. The molecule has 6 heteroatoms. The molecule has 2 heterocycles. The second-order valence-corrected chi connectivity index (χ2v) is 11.1. The molecule has 2 aliphatic rings. The van der Waals surface area contributed by atoms with Gasteiger partial charge in [0.15, 0.2) is 0 Å². The maximum Gasteiger partial charge on any atom is 0.322 e. The highest BCUT2D eigenvalue weighted by atomic mass is 19.1. The summed E-state index contributed by atoms with van der Waals surface area (Å²) in [5.41, 5.74) is 3.25. The molecule has 0 saturated carbocycles. The van der Waals surface area contributed by atoms with E-state index in [0.717, 1.165) is 76.1 Å². The van der Waals surface area contributed by atoms with Crippen LogP contribution in [0, 0.1) is 17.7 Å². The fraction of sp³-hybridized carbons (Fsp3) is 0.424. The zero-order valence-corrected chi connectivity index (χ0v) is 22.9. The highest BCUT2D eigenvalue weighted by Crippen LogP contribution is 2.31. The van der Waals surface area contributed by atoms with Gasteiger partial charge in [-0.2, -0.15) is 0 Å². The Hall–Kier alpha value is -3.38. The van der Waals surface area contributed by atoms with E-state index in [1.807, 2.05) is 42.5 Å². The van der Waals surface area contributed by atoms with E-state index in [0.29, 0.717) is 11.8 Å². The summed E-state index contributed by atoms with van der Waals surface area (Å²) in [6, 6.07) is 25.2. The molecule has 2 atom stereocenters. The second-order valence-electron chi connectivity index (χ2n) is 11.1. The van der Waals surface area contributed by atoms with Crippen molar-refractivity contribution in [2.45, 2.75) is 44.6 Å². The Morgan fingerprint density at radius 2 is 1.64 bits per heavy atom. The van der Waals surface area contributed by atoms with Crippen molar-refractivity contribution in [1.29, 1.82) is 0 Å². The van der Waals surface area contributed by atoms with E-state index in [1.54, 1.807) is 19.2 Å². The summed E-state index contributed by atoms with van der Waals surface area (Å²) in [5.74, 6) is 1.62. The highest BCUT2D eigenvalue weighted by molar-refractivity contribution is 5.89. The summed E-state index contributed by atoms with van der Waals surface area (Å²) >= 11 is 0. The molecule has 2 aliphatic heterocycles. The number of methoxy groups -OCH3 is 1. The standard InChI is InChI=1S/C33H40FN3O2/c1-39-31-11-5-10-30(23-31)35-33(38)37-18-6-9-28(32(37)22-25-7-3-2-4-8-25)24-36-19-16-27(17-20-36)21-26-12-14-29(34)15-13-26/h2-5,7-8,10-15,23,27-28,32H,6,9,16-22,24H2,1H3,(H,35,38)/t28-,32-/m1/s1. The summed E-state index contributed by atoms with van der Waals surface area (Å²) in [4.78, 5) is 18.3. The summed E-state index contributed by atoms with van der Waals surface area (Å²) in [5, 5.41) is 3.13. The van der Waals surface area contributed by atoms with Crippen LogP contribution >= 0.6 is 0 Å². The maximum absolute atomic E-state index is 13.6. The third kappa shape index (κ3) is 7.39. The summed E-state index contributed by atoms with van der Waals surface area (Å²) in [7, 11) is 1.64. The van der Waals surface area contributed by atoms with E-state index in [2.05, 4.69) is 39.4 Å². The molecule has 3 aromatic carbocycles. The van der Waals surface area contributed by atoms with Crippen LogP contribution in [0.2, 0.25) is 0 Å². The lowest BCUT2D eigenvalue weighted by atomic mass is 9.83. The molecule has 5 nitrogen and oxygen atoms in total. The molecule has 2 amide bonds. The number of likely N-dealkylation sites (tertiary alicyclic amines) is 2. The van der Waals surface area contributed by atoms with Gasteiger partial charge in [-0.25, -0.2) is 9.18 Å². The third-order valence-electron chi connectivity index (χ3n) is 8.43. The Balaban J connectivity index is 1.24. The molecule has 0 aliphatic carbocycles. The molecular formula is C33H40FN3O2. The largest absolute Gasteiger partial charge is 0.497 e. The van der Waals surface area contributed by atoms with E-state index in [9.17, 15) is 9.18 Å². The minimum Gasteiger partial charge on any atom is -0.497 e. The normalized spacial score (nSPS) is 20.5. The molecule has 5 rings (SSSR count). The first kappa shape index (κ1) is 27.2. The van der Waals surface area contributed by atoms with Crippen molar-refractivity contribution in [2.24, 2.45) is 11.8 Å².